The summed E-state index contributed by atoms with van der Waals surface area (Å²) in [6.45, 7) is 3.80. The molecule has 0 saturated heterocycles. The molecule has 0 saturated carbocycles. The zero-order chi connectivity index (χ0) is 17.0. The van der Waals surface area contributed by atoms with Crippen molar-refractivity contribution in [1.29, 1.82) is 0 Å². The van der Waals surface area contributed by atoms with Crippen LogP contribution in [0.1, 0.15) is 34.5 Å². The summed E-state index contributed by atoms with van der Waals surface area (Å²) in [6.07, 6.45) is 0. The van der Waals surface area contributed by atoms with Crippen molar-refractivity contribution in [2.45, 2.75) is 19.9 Å². The van der Waals surface area contributed by atoms with Gasteiger partial charge in [0.05, 0.1) is 18.1 Å². The van der Waals surface area contributed by atoms with Gasteiger partial charge >= 0.3 is 0 Å². The van der Waals surface area contributed by atoms with E-state index < -0.39 is 4.92 Å². The van der Waals surface area contributed by atoms with E-state index in [-0.39, 0.29) is 23.2 Å². The molecule has 6 nitrogen and oxygen atoms in total. The molecule has 0 aliphatic heterocycles. The number of nitrogens with zero attached hydrogens (tertiary/aromatic N) is 1. The molecule has 0 heterocycles. The van der Waals surface area contributed by atoms with Crippen molar-refractivity contribution >= 4 is 11.6 Å². The molecule has 0 bridgehead atoms. The molecule has 0 radical (unpaired) electrons. The van der Waals surface area contributed by atoms with E-state index in [2.05, 4.69) is 5.32 Å². The van der Waals surface area contributed by atoms with E-state index in [1.165, 1.54) is 18.2 Å². The van der Waals surface area contributed by atoms with Gasteiger partial charge in [-0.05, 0) is 26.0 Å². The minimum atomic E-state index is -0.524. The highest BCUT2D eigenvalue weighted by Gasteiger charge is 2.17. The van der Waals surface area contributed by atoms with Gasteiger partial charge in [-0.25, -0.2) is 0 Å². The van der Waals surface area contributed by atoms with Crippen molar-refractivity contribution in [3.8, 4) is 5.75 Å². The van der Waals surface area contributed by atoms with Crippen LogP contribution in [0.2, 0.25) is 0 Å². The molecule has 2 aromatic rings. The number of nitro benzene ring substituents is 1. The fourth-order valence-electron chi connectivity index (χ4n) is 2.31. The molecule has 120 valence electrons. The fraction of sp³-hybridized carbons (Fsp3) is 0.235. The quantitative estimate of drug-likeness (QED) is 0.677. The molecule has 0 aliphatic carbocycles. The number of carbonyl (C=O) groups excluding carboxylic acids is 1. The molecular formula is C17H18N2O4. The SMILES string of the molecule is COc1ccc(C)cc1C(C)NC(=O)c1cccc([N+](=O)[O-])c1. The molecule has 1 atom stereocenters. The second-order valence-corrected chi connectivity index (χ2v) is 5.25. The maximum Gasteiger partial charge on any atom is 0.270 e. The van der Waals surface area contributed by atoms with Crippen LogP contribution in [0.3, 0.4) is 0 Å². The van der Waals surface area contributed by atoms with Crippen molar-refractivity contribution in [2.75, 3.05) is 7.11 Å². The van der Waals surface area contributed by atoms with Crippen LogP contribution in [0, 0.1) is 17.0 Å². The van der Waals surface area contributed by atoms with Gasteiger partial charge in [-0.2, -0.15) is 0 Å². The van der Waals surface area contributed by atoms with E-state index in [1.807, 2.05) is 32.0 Å². The third-order valence-corrected chi connectivity index (χ3v) is 3.52. The number of rotatable bonds is 5. The minimum Gasteiger partial charge on any atom is -0.496 e. The van der Waals surface area contributed by atoms with E-state index in [0.717, 1.165) is 11.1 Å². The summed E-state index contributed by atoms with van der Waals surface area (Å²) >= 11 is 0. The topological polar surface area (TPSA) is 81.5 Å². The monoisotopic (exact) mass is 314 g/mol. The first-order valence-corrected chi connectivity index (χ1v) is 7.12. The first-order chi connectivity index (χ1) is 10.9. The summed E-state index contributed by atoms with van der Waals surface area (Å²) in [5.41, 5.74) is 2.04. The Hall–Kier alpha value is -2.89. The largest absolute Gasteiger partial charge is 0.496 e. The van der Waals surface area contributed by atoms with E-state index in [9.17, 15) is 14.9 Å². The number of hydrogen-bond acceptors (Lipinski definition) is 4. The highest BCUT2D eigenvalue weighted by Crippen LogP contribution is 2.26. The van der Waals surface area contributed by atoms with Gasteiger partial charge in [0.15, 0.2) is 0 Å². The number of amides is 1. The van der Waals surface area contributed by atoms with Gasteiger partial charge < -0.3 is 10.1 Å². The van der Waals surface area contributed by atoms with Crippen LogP contribution in [0.4, 0.5) is 5.69 Å². The molecule has 6 heteroatoms. The maximum atomic E-state index is 12.3. The van der Waals surface area contributed by atoms with Crippen LogP contribution in [0.25, 0.3) is 0 Å². The Labute approximate surface area is 134 Å². The number of benzene rings is 2. The smallest absolute Gasteiger partial charge is 0.270 e. The molecule has 23 heavy (non-hydrogen) atoms. The lowest BCUT2D eigenvalue weighted by atomic mass is 10.0. The third kappa shape index (κ3) is 3.85. The Morgan fingerprint density at radius 3 is 2.65 bits per heavy atom. The zero-order valence-corrected chi connectivity index (χ0v) is 13.2. The molecule has 1 N–H and O–H groups in total. The molecule has 0 fully saturated rings. The van der Waals surface area contributed by atoms with Crippen molar-refractivity contribution in [1.82, 2.24) is 5.32 Å². The van der Waals surface area contributed by atoms with Crippen LogP contribution < -0.4 is 10.1 Å². The number of aryl methyl sites for hydroxylation is 1. The normalized spacial score (nSPS) is 11.6. The van der Waals surface area contributed by atoms with Crippen LogP contribution >= 0.6 is 0 Å². The Morgan fingerprint density at radius 2 is 2.00 bits per heavy atom. The third-order valence-electron chi connectivity index (χ3n) is 3.52. The number of ether oxygens (including phenoxy) is 1. The van der Waals surface area contributed by atoms with Gasteiger partial charge in [0, 0.05) is 23.3 Å². The first-order valence-electron chi connectivity index (χ1n) is 7.12. The van der Waals surface area contributed by atoms with Crippen molar-refractivity contribution in [3.63, 3.8) is 0 Å². The lowest BCUT2D eigenvalue weighted by Gasteiger charge is -2.18. The summed E-state index contributed by atoms with van der Waals surface area (Å²) < 4.78 is 5.32. The van der Waals surface area contributed by atoms with Gasteiger partial charge in [-0.3, -0.25) is 14.9 Å². The summed E-state index contributed by atoms with van der Waals surface area (Å²) in [4.78, 5) is 22.6. The summed E-state index contributed by atoms with van der Waals surface area (Å²) in [5.74, 6) is 0.312. The maximum absolute atomic E-state index is 12.3. The highest BCUT2D eigenvalue weighted by atomic mass is 16.6. The van der Waals surface area contributed by atoms with E-state index >= 15 is 0 Å². The number of methoxy groups -OCH3 is 1. The standard InChI is InChI=1S/C17H18N2O4/c1-11-7-8-16(23-3)15(9-11)12(2)18-17(20)13-5-4-6-14(10-13)19(21)22/h4-10,12H,1-3H3,(H,18,20). The Morgan fingerprint density at radius 1 is 1.26 bits per heavy atom. The first kappa shape index (κ1) is 16.5. The van der Waals surface area contributed by atoms with Gasteiger partial charge in [0.25, 0.3) is 11.6 Å². The summed E-state index contributed by atoms with van der Waals surface area (Å²) in [5, 5.41) is 13.6. The van der Waals surface area contributed by atoms with Gasteiger partial charge in [-0.15, -0.1) is 0 Å². The van der Waals surface area contributed by atoms with Gasteiger partial charge in [0.2, 0.25) is 0 Å². The number of non-ortho nitro benzene ring substituents is 1. The van der Waals surface area contributed by atoms with E-state index in [4.69, 9.17) is 4.74 Å². The second kappa shape index (κ2) is 6.91. The predicted octanol–water partition coefficient (Wildman–Crippen LogP) is 3.40. The van der Waals surface area contributed by atoms with Crippen LogP contribution in [-0.2, 0) is 0 Å². The molecule has 0 spiro atoms. The molecule has 1 unspecified atom stereocenters. The highest BCUT2D eigenvalue weighted by molar-refractivity contribution is 5.95. The Bertz CT molecular complexity index is 743. The fourth-order valence-corrected chi connectivity index (χ4v) is 2.31. The summed E-state index contributed by atoms with van der Waals surface area (Å²) in [6, 6.07) is 11.1. The lowest BCUT2D eigenvalue weighted by Crippen LogP contribution is -2.27. The zero-order valence-electron chi connectivity index (χ0n) is 13.2. The second-order valence-electron chi connectivity index (χ2n) is 5.25. The molecule has 0 aromatic heterocycles. The lowest BCUT2D eigenvalue weighted by molar-refractivity contribution is -0.384. The average Bonchev–Trinajstić information content (AvgIpc) is 2.54. The van der Waals surface area contributed by atoms with Crippen molar-refractivity contribution < 1.29 is 14.5 Å². The molecule has 2 rings (SSSR count). The van der Waals surface area contributed by atoms with Crippen molar-refractivity contribution in [2.24, 2.45) is 0 Å². The molecule has 0 aliphatic rings. The predicted molar refractivity (Wildman–Crippen MR) is 86.7 cm³/mol. The minimum absolute atomic E-state index is 0.113. The molecule has 2 aromatic carbocycles. The number of nitrogens with one attached hydrogen (secondary N) is 1. The van der Waals surface area contributed by atoms with Crippen LogP contribution in [-0.4, -0.2) is 17.9 Å². The number of nitro groups is 1. The Balaban J connectivity index is 2.21. The van der Waals surface area contributed by atoms with E-state index in [0.29, 0.717) is 5.75 Å². The van der Waals surface area contributed by atoms with Gasteiger partial charge in [-0.1, -0.05) is 23.8 Å². The van der Waals surface area contributed by atoms with E-state index in [1.54, 1.807) is 13.2 Å². The van der Waals surface area contributed by atoms with Crippen molar-refractivity contribution in [3.05, 3.63) is 69.3 Å². The van der Waals surface area contributed by atoms with Crippen LogP contribution in [0.5, 0.6) is 5.75 Å². The molecular weight excluding hydrogens is 296 g/mol. The Kier molecular flexibility index (Phi) is 4.95. The average molecular weight is 314 g/mol. The van der Waals surface area contributed by atoms with Crippen LogP contribution in [0.15, 0.2) is 42.5 Å². The molecule has 1 amide bonds. The number of hydrogen-bond donors (Lipinski definition) is 1. The number of carbonyl (C=O) groups is 1. The summed E-state index contributed by atoms with van der Waals surface area (Å²) in [7, 11) is 1.57. The van der Waals surface area contributed by atoms with Gasteiger partial charge in [0.1, 0.15) is 5.75 Å².